The second-order valence-electron chi connectivity index (χ2n) is 6.27. The van der Waals surface area contributed by atoms with Gasteiger partial charge in [0.1, 0.15) is 0 Å². The summed E-state index contributed by atoms with van der Waals surface area (Å²) in [7, 11) is 0. The number of rotatable bonds is 4. The van der Waals surface area contributed by atoms with Crippen molar-refractivity contribution in [3.05, 3.63) is 102 Å². The van der Waals surface area contributed by atoms with E-state index in [0.717, 1.165) is 18.3 Å². The fourth-order valence-corrected chi connectivity index (χ4v) is 4.79. The molecule has 0 radical (unpaired) electrons. The number of ether oxygens (including phenoxy) is 2. The van der Waals surface area contributed by atoms with E-state index >= 15 is 0 Å². The number of halogens is 2. The summed E-state index contributed by atoms with van der Waals surface area (Å²) in [6.45, 7) is 0. The number of hydrogen-bond acceptors (Lipinski definition) is 5. The third-order valence-electron chi connectivity index (χ3n) is 4.17. The van der Waals surface area contributed by atoms with Crippen molar-refractivity contribution in [3.63, 3.8) is 0 Å². The van der Waals surface area contributed by atoms with Gasteiger partial charge in [-0.2, -0.15) is 0 Å². The Kier molecular flexibility index (Phi) is 6.28. The van der Waals surface area contributed by atoms with Crippen molar-refractivity contribution in [1.29, 1.82) is 0 Å². The van der Waals surface area contributed by atoms with Gasteiger partial charge in [-0.15, -0.1) is 0 Å². The van der Waals surface area contributed by atoms with Gasteiger partial charge in [-0.05, 0) is 93.2 Å². The SMILES string of the molecule is O=C1OC(c2ccccc2)=N/C1=C\c1cc(I)c(OC(=O)c2ccccc2)c(I)c1. The van der Waals surface area contributed by atoms with Gasteiger partial charge in [0.2, 0.25) is 5.90 Å². The van der Waals surface area contributed by atoms with Crippen molar-refractivity contribution in [2.24, 2.45) is 4.99 Å². The lowest BCUT2D eigenvalue weighted by atomic mass is 10.2. The van der Waals surface area contributed by atoms with Gasteiger partial charge >= 0.3 is 11.9 Å². The van der Waals surface area contributed by atoms with Gasteiger partial charge in [0.25, 0.3) is 0 Å². The first kappa shape index (κ1) is 20.7. The molecule has 5 nitrogen and oxygen atoms in total. The molecular weight excluding hydrogens is 608 g/mol. The van der Waals surface area contributed by atoms with Crippen LogP contribution in [0.1, 0.15) is 21.5 Å². The van der Waals surface area contributed by atoms with Gasteiger partial charge in [-0.25, -0.2) is 14.6 Å². The molecule has 1 heterocycles. The van der Waals surface area contributed by atoms with Crippen LogP contribution in [0, 0.1) is 7.14 Å². The molecule has 0 unspecified atom stereocenters. The quantitative estimate of drug-likeness (QED) is 0.168. The molecule has 30 heavy (non-hydrogen) atoms. The molecule has 7 heteroatoms. The summed E-state index contributed by atoms with van der Waals surface area (Å²) in [4.78, 5) is 28.9. The summed E-state index contributed by atoms with van der Waals surface area (Å²) >= 11 is 4.21. The van der Waals surface area contributed by atoms with E-state index in [-0.39, 0.29) is 11.6 Å². The van der Waals surface area contributed by atoms with Crippen molar-refractivity contribution >= 4 is 69.1 Å². The molecule has 3 aromatic carbocycles. The maximum absolute atomic E-state index is 12.4. The van der Waals surface area contributed by atoms with Crippen molar-refractivity contribution in [1.82, 2.24) is 0 Å². The second-order valence-corrected chi connectivity index (χ2v) is 8.60. The Balaban J connectivity index is 1.60. The molecule has 148 valence electrons. The molecule has 0 saturated carbocycles. The minimum atomic E-state index is -0.501. The van der Waals surface area contributed by atoms with Gasteiger partial charge in [0, 0.05) is 5.56 Å². The minimum absolute atomic E-state index is 0.217. The Labute approximate surface area is 200 Å². The highest BCUT2D eigenvalue weighted by Gasteiger charge is 2.24. The number of carbonyl (C=O) groups excluding carboxylic acids is 2. The van der Waals surface area contributed by atoms with E-state index in [1.807, 2.05) is 48.5 Å². The zero-order valence-corrected chi connectivity index (χ0v) is 19.7. The first-order valence-electron chi connectivity index (χ1n) is 8.85. The van der Waals surface area contributed by atoms with Crippen LogP contribution in [-0.4, -0.2) is 17.8 Å². The van der Waals surface area contributed by atoms with Crippen molar-refractivity contribution in [2.45, 2.75) is 0 Å². The van der Waals surface area contributed by atoms with Gasteiger partial charge < -0.3 is 9.47 Å². The second kappa shape index (κ2) is 9.09. The molecule has 4 rings (SSSR count). The number of carbonyl (C=O) groups is 2. The van der Waals surface area contributed by atoms with Gasteiger partial charge in [0.05, 0.1) is 12.7 Å². The van der Waals surface area contributed by atoms with E-state index < -0.39 is 11.9 Å². The van der Waals surface area contributed by atoms with Crippen molar-refractivity contribution < 1.29 is 19.1 Å². The highest BCUT2D eigenvalue weighted by Crippen LogP contribution is 2.31. The van der Waals surface area contributed by atoms with E-state index in [0.29, 0.717) is 11.3 Å². The topological polar surface area (TPSA) is 65.0 Å². The summed E-state index contributed by atoms with van der Waals surface area (Å²) in [5, 5.41) is 0. The Hall–Kier alpha value is -2.53. The fraction of sp³-hybridized carbons (Fsp3) is 0. The normalized spacial score (nSPS) is 14.4. The van der Waals surface area contributed by atoms with E-state index in [9.17, 15) is 9.59 Å². The number of nitrogens with zero attached hydrogens (tertiary/aromatic N) is 1. The maximum Gasteiger partial charge on any atom is 0.363 e. The fourth-order valence-electron chi connectivity index (χ4n) is 2.76. The lowest BCUT2D eigenvalue weighted by molar-refractivity contribution is -0.129. The molecule has 0 saturated heterocycles. The Bertz CT molecular complexity index is 1170. The molecule has 0 N–H and O–H groups in total. The average Bonchev–Trinajstić information content (AvgIpc) is 3.12. The number of aliphatic imine (C=N–C) groups is 1. The molecule has 1 aliphatic rings. The standard InChI is InChI=1S/C23H13I2NO4/c24-17-11-14(12-18(25)20(17)29-22(27)16-9-5-2-6-10-16)13-19-23(28)30-21(26-19)15-7-3-1-4-8-15/h1-13H/b19-13-. The first-order valence-corrected chi connectivity index (χ1v) is 11.0. The van der Waals surface area contributed by atoms with Crippen LogP contribution in [0.4, 0.5) is 0 Å². The summed E-state index contributed by atoms with van der Waals surface area (Å²) in [6, 6.07) is 21.7. The molecule has 0 aromatic heterocycles. The van der Waals surface area contributed by atoms with Crippen molar-refractivity contribution in [3.8, 4) is 5.75 Å². The van der Waals surface area contributed by atoms with Crippen LogP contribution in [0.2, 0.25) is 0 Å². The lowest BCUT2D eigenvalue weighted by Crippen LogP contribution is -2.10. The lowest BCUT2D eigenvalue weighted by Gasteiger charge is -2.10. The summed E-state index contributed by atoms with van der Waals surface area (Å²) in [5.41, 5.74) is 2.19. The van der Waals surface area contributed by atoms with E-state index in [1.165, 1.54) is 0 Å². The highest BCUT2D eigenvalue weighted by molar-refractivity contribution is 14.1. The smallest absolute Gasteiger partial charge is 0.363 e. The molecule has 0 bridgehead atoms. The molecule has 0 atom stereocenters. The predicted octanol–water partition coefficient (Wildman–Crippen LogP) is 5.46. The number of esters is 2. The van der Waals surface area contributed by atoms with Crippen LogP contribution < -0.4 is 4.74 Å². The zero-order valence-electron chi connectivity index (χ0n) is 15.3. The monoisotopic (exact) mass is 621 g/mol. The molecule has 0 spiro atoms. The summed E-state index contributed by atoms with van der Waals surface area (Å²) in [5.74, 6) is -0.160. The van der Waals surface area contributed by atoms with Crippen LogP contribution in [0.5, 0.6) is 5.75 Å². The van der Waals surface area contributed by atoms with Gasteiger partial charge in [0.15, 0.2) is 11.4 Å². The largest absolute Gasteiger partial charge is 0.421 e. The minimum Gasteiger partial charge on any atom is -0.421 e. The van der Waals surface area contributed by atoms with E-state index in [4.69, 9.17) is 9.47 Å². The third-order valence-corrected chi connectivity index (χ3v) is 5.77. The summed E-state index contributed by atoms with van der Waals surface area (Å²) in [6.07, 6.45) is 1.66. The highest BCUT2D eigenvalue weighted by atomic mass is 127. The predicted molar refractivity (Wildman–Crippen MR) is 130 cm³/mol. The third kappa shape index (κ3) is 4.62. The molecule has 0 fully saturated rings. The number of benzene rings is 3. The molecule has 0 aliphatic carbocycles. The van der Waals surface area contributed by atoms with E-state index in [2.05, 4.69) is 50.2 Å². The molecule has 3 aromatic rings. The Morgan fingerprint density at radius 2 is 1.53 bits per heavy atom. The van der Waals surface area contributed by atoms with Gasteiger partial charge in [-0.1, -0.05) is 36.4 Å². The molecular formula is C23H13I2NO4. The van der Waals surface area contributed by atoms with E-state index in [1.54, 1.807) is 30.3 Å². The van der Waals surface area contributed by atoms with Crippen LogP contribution in [0.15, 0.2) is 83.5 Å². The van der Waals surface area contributed by atoms with Gasteiger partial charge in [-0.3, -0.25) is 0 Å². The molecule has 1 aliphatic heterocycles. The summed E-state index contributed by atoms with van der Waals surface area (Å²) < 4.78 is 12.4. The number of cyclic esters (lactones) is 1. The van der Waals surface area contributed by atoms with Crippen molar-refractivity contribution in [2.75, 3.05) is 0 Å². The Morgan fingerprint density at radius 1 is 0.933 bits per heavy atom. The van der Waals surface area contributed by atoms with Crippen LogP contribution in [0.3, 0.4) is 0 Å². The maximum atomic E-state index is 12.4. The first-order chi connectivity index (χ1) is 14.5. The van der Waals surface area contributed by atoms with Crippen LogP contribution >= 0.6 is 45.2 Å². The van der Waals surface area contributed by atoms with Crippen LogP contribution in [0.25, 0.3) is 6.08 Å². The number of hydrogen-bond donors (Lipinski definition) is 0. The molecule has 0 amide bonds. The average molecular weight is 621 g/mol. The zero-order chi connectivity index (χ0) is 21.1. The van der Waals surface area contributed by atoms with Crippen LogP contribution in [-0.2, 0) is 9.53 Å². The Morgan fingerprint density at radius 3 is 2.17 bits per heavy atom.